The van der Waals surface area contributed by atoms with E-state index in [9.17, 15) is 4.79 Å². The summed E-state index contributed by atoms with van der Waals surface area (Å²) in [6.45, 7) is 4.58. The van der Waals surface area contributed by atoms with Gasteiger partial charge in [0.05, 0.1) is 22.5 Å². The van der Waals surface area contributed by atoms with Crippen LogP contribution in [0.5, 0.6) is 5.75 Å². The molecule has 3 heterocycles. The highest BCUT2D eigenvalue weighted by atomic mass is 32.1. The maximum atomic E-state index is 12.5. The van der Waals surface area contributed by atoms with Crippen LogP contribution in [-0.2, 0) is 4.79 Å². The molecule has 0 saturated carbocycles. The smallest absolute Gasteiger partial charge is 0.226 e. The van der Waals surface area contributed by atoms with Crippen LogP contribution in [0, 0.1) is 6.92 Å². The van der Waals surface area contributed by atoms with E-state index in [-0.39, 0.29) is 11.8 Å². The van der Waals surface area contributed by atoms with Crippen molar-refractivity contribution in [3.8, 4) is 10.9 Å². The fraction of sp³-hybridized carbons (Fsp3) is 0.227. The minimum absolute atomic E-state index is 0.0151. The molecule has 1 aliphatic heterocycles. The van der Waals surface area contributed by atoms with Gasteiger partial charge >= 0.3 is 0 Å². The van der Waals surface area contributed by atoms with E-state index in [1.54, 1.807) is 16.0 Å². The molecule has 0 spiro atoms. The topological polar surface area (TPSA) is 69.0 Å². The van der Waals surface area contributed by atoms with Crippen LogP contribution in [0.2, 0.25) is 0 Å². The lowest BCUT2D eigenvalue weighted by atomic mass is 9.86. The minimum Gasteiger partial charge on any atom is -0.494 e. The lowest BCUT2D eigenvalue weighted by molar-refractivity contribution is -0.116. The third kappa shape index (κ3) is 3.07. The van der Waals surface area contributed by atoms with Crippen LogP contribution in [0.4, 0.5) is 5.82 Å². The predicted octanol–water partition coefficient (Wildman–Crippen LogP) is 4.66. The number of nitrogens with zero attached hydrogens (tertiary/aromatic N) is 3. The van der Waals surface area contributed by atoms with Crippen molar-refractivity contribution < 1.29 is 9.53 Å². The van der Waals surface area contributed by atoms with Gasteiger partial charge in [0.25, 0.3) is 0 Å². The number of fused-ring (bicyclic) bond motifs is 2. The fourth-order valence-corrected chi connectivity index (χ4v) is 4.81. The zero-order chi connectivity index (χ0) is 20.0. The van der Waals surface area contributed by atoms with E-state index < -0.39 is 0 Å². The van der Waals surface area contributed by atoms with E-state index in [2.05, 4.69) is 5.32 Å². The molecular formula is C22H20N4O2S. The quantitative estimate of drug-likeness (QED) is 0.537. The van der Waals surface area contributed by atoms with Gasteiger partial charge in [-0.3, -0.25) is 4.79 Å². The van der Waals surface area contributed by atoms with E-state index in [1.165, 1.54) is 0 Å². The van der Waals surface area contributed by atoms with Gasteiger partial charge in [0.15, 0.2) is 0 Å². The SMILES string of the molecule is CCOc1ccc(C2CC(=O)Nc3c2c(C)nn3-c2nc3ccccc3s2)cc1. The molecule has 0 saturated heterocycles. The number of para-hydroxylation sites is 1. The van der Waals surface area contributed by atoms with E-state index in [4.69, 9.17) is 14.8 Å². The molecule has 6 nitrogen and oxygen atoms in total. The summed E-state index contributed by atoms with van der Waals surface area (Å²) in [5.74, 6) is 1.49. The molecule has 5 rings (SSSR count). The molecule has 146 valence electrons. The molecule has 1 aliphatic rings. The zero-order valence-corrected chi connectivity index (χ0v) is 17.0. The first kappa shape index (κ1) is 17.9. The van der Waals surface area contributed by atoms with E-state index in [0.29, 0.717) is 13.0 Å². The molecule has 4 aromatic rings. The van der Waals surface area contributed by atoms with Crippen LogP contribution < -0.4 is 10.1 Å². The summed E-state index contributed by atoms with van der Waals surface area (Å²) < 4.78 is 8.41. The molecule has 0 aliphatic carbocycles. The van der Waals surface area contributed by atoms with Crippen molar-refractivity contribution in [3.05, 3.63) is 65.4 Å². The highest BCUT2D eigenvalue weighted by Crippen LogP contribution is 2.41. The Morgan fingerprint density at radius 1 is 1.21 bits per heavy atom. The molecule has 1 N–H and O–H groups in total. The Hall–Kier alpha value is -3.19. The number of benzene rings is 2. The molecule has 0 fully saturated rings. The highest BCUT2D eigenvalue weighted by molar-refractivity contribution is 7.20. The number of carbonyl (C=O) groups excluding carboxylic acids is 1. The van der Waals surface area contributed by atoms with Crippen molar-refractivity contribution in [3.63, 3.8) is 0 Å². The van der Waals surface area contributed by atoms with Gasteiger partial charge in [-0.1, -0.05) is 35.6 Å². The number of carbonyl (C=O) groups is 1. The number of ether oxygens (including phenoxy) is 1. The number of nitrogens with one attached hydrogen (secondary N) is 1. The number of rotatable bonds is 4. The summed E-state index contributed by atoms with van der Waals surface area (Å²) in [6, 6.07) is 16.0. The van der Waals surface area contributed by atoms with Crippen LogP contribution in [0.25, 0.3) is 15.3 Å². The lowest BCUT2D eigenvalue weighted by Crippen LogP contribution is -2.24. The van der Waals surface area contributed by atoms with Crippen LogP contribution in [0.1, 0.15) is 36.1 Å². The molecule has 1 unspecified atom stereocenters. The summed E-state index contributed by atoms with van der Waals surface area (Å²) in [6.07, 6.45) is 0.396. The highest BCUT2D eigenvalue weighted by Gasteiger charge is 2.33. The standard InChI is InChI=1S/C22H20N4O2S/c1-3-28-15-10-8-14(9-11-15)16-12-19(27)24-21-20(16)13(2)25-26(21)22-23-17-6-4-5-7-18(17)29-22/h4-11,16H,3,12H2,1-2H3,(H,24,27). The van der Waals surface area contributed by atoms with Gasteiger partial charge in [-0.25, -0.2) is 4.98 Å². The summed E-state index contributed by atoms with van der Waals surface area (Å²) >= 11 is 1.56. The fourth-order valence-electron chi connectivity index (χ4n) is 3.88. The number of anilines is 1. The third-order valence-electron chi connectivity index (χ3n) is 5.16. The van der Waals surface area contributed by atoms with Crippen molar-refractivity contribution in [1.29, 1.82) is 0 Å². The van der Waals surface area contributed by atoms with Crippen LogP contribution >= 0.6 is 11.3 Å². The first-order chi connectivity index (χ1) is 14.1. The second-order valence-corrected chi connectivity index (χ2v) is 8.04. The molecule has 2 aromatic heterocycles. The van der Waals surface area contributed by atoms with Gasteiger partial charge in [-0.15, -0.1) is 0 Å². The van der Waals surface area contributed by atoms with Gasteiger partial charge in [0.1, 0.15) is 11.6 Å². The van der Waals surface area contributed by atoms with Crippen molar-refractivity contribution in [2.75, 3.05) is 11.9 Å². The summed E-state index contributed by atoms with van der Waals surface area (Å²) in [5, 5.41) is 8.52. The number of thiazole rings is 1. The number of hydrogen-bond acceptors (Lipinski definition) is 5. The predicted molar refractivity (Wildman–Crippen MR) is 114 cm³/mol. The Morgan fingerprint density at radius 3 is 2.76 bits per heavy atom. The maximum Gasteiger partial charge on any atom is 0.226 e. The molecule has 29 heavy (non-hydrogen) atoms. The number of amides is 1. The van der Waals surface area contributed by atoms with Crippen LogP contribution in [-0.4, -0.2) is 27.3 Å². The average molecular weight is 404 g/mol. The van der Waals surface area contributed by atoms with E-state index >= 15 is 0 Å². The second-order valence-electron chi connectivity index (χ2n) is 7.03. The molecule has 1 atom stereocenters. The number of aromatic nitrogens is 3. The van der Waals surface area contributed by atoms with Gasteiger partial charge in [-0.2, -0.15) is 9.78 Å². The number of aryl methyl sites for hydroxylation is 1. The first-order valence-electron chi connectivity index (χ1n) is 9.62. The molecule has 0 bridgehead atoms. The number of hydrogen-bond donors (Lipinski definition) is 1. The summed E-state index contributed by atoms with van der Waals surface area (Å²) in [7, 11) is 0. The van der Waals surface area contributed by atoms with Crippen molar-refractivity contribution >= 4 is 33.3 Å². The van der Waals surface area contributed by atoms with Gasteiger partial charge < -0.3 is 10.1 Å². The summed E-state index contributed by atoms with van der Waals surface area (Å²) in [4.78, 5) is 17.3. The average Bonchev–Trinajstić information content (AvgIpc) is 3.29. The monoisotopic (exact) mass is 404 g/mol. The Bertz CT molecular complexity index is 1180. The van der Waals surface area contributed by atoms with Crippen molar-refractivity contribution in [1.82, 2.24) is 14.8 Å². The lowest BCUT2D eigenvalue weighted by Gasteiger charge is -2.24. The first-order valence-corrected chi connectivity index (χ1v) is 10.4. The molecule has 0 radical (unpaired) electrons. The Balaban J connectivity index is 1.60. The summed E-state index contributed by atoms with van der Waals surface area (Å²) in [5.41, 5.74) is 3.96. The molecule has 7 heteroatoms. The van der Waals surface area contributed by atoms with Crippen LogP contribution in [0.15, 0.2) is 48.5 Å². The second kappa shape index (κ2) is 7.00. The van der Waals surface area contributed by atoms with Crippen LogP contribution in [0.3, 0.4) is 0 Å². The van der Waals surface area contributed by atoms with E-state index in [0.717, 1.165) is 43.7 Å². The van der Waals surface area contributed by atoms with Crippen molar-refractivity contribution in [2.45, 2.75) is 26.2 Å². The Labute approximate surface area is 172 Å². The third-order valence-corrected chi connectivity index (χ3v) is 6.17. The molecule has 1 amide bonds. The zero-order valence-electron chi connectivity index (χ0n) is 16.2. The normalized spacial score (nSPS) is 15.9. The molecule has 2 aromatic carbocycles. The van der Waals surface area contributed by atoms with E-state index in [1.807, 2.05) is 62.4 Å². The van der Waals surface area contributed by atoms with Gasteiger partial charge in [0.2, 0.25) is 11.0 Å². The minimum atomic E-state index is -0.0439. The van der Waals surface area contributed by atoms with Gasteiger partial charge in [0, 0.05) is 17.9 Å². The Morgan fingerprint density at radius 2 is 2.00 bits per heavy atom. The molecular weight excluding hydrogens is 384 g/mol. The Kier molecular flexibility index (Phi) is 4.32. The maximum absolute atomic E-state index is 12.5. The van der Waals surface area contributed by atoms with Crippen molar-refractivity contribution in [2.24, 2.45) is 0 Å². The van der Waals surface area contributed by atoms with Gasteiger partial charge in [-0.05, 0) is 43.7 Å². The largest absolute Gasteiger partial charge is 0.494 e.